The highest BCUT2D eigenvalue weighted by atomic mass is 16.6. The smallest absolute Gasteiger partial charge is 0.408 e. The molecule has 0 fully saturated rings. The Morgan fingerprint density at radius 2 is 1.68 bits per heavy atom. The van der Waals surface area contributed by atoms with Crippen LogP contribution in [0.25, 0.3) is 0 Å². The minimum absolute atomic E-state index is 0.313. The fraction of sp³-hybridized carbons (Fsp3) is 0.615. The summed E-state index contributed by atoms with van der Waals surface area (Å²) in [7, 11) is 0. The van der Waals surface area contributed by atoms with Crippen LogP contribution in [0.15, 0.2) is 18.2 Å². The van der Waals surface area contributed by atoms with Crippen molar-refractivity contribution in [2.75, 3.05) is 6.54 Å². The fourth-order valence-electron chi connectivity index (χ4n) is 3.52. The summed E-state index contributed by atoms with van der Waals surface area (Å²) in [5.41, 5.74) is 1.17. The van der Waals surface area contributed by atoms with Crippen LogP contribution in [-0.2, 0) is 14.3 Å². The van der Waals surface area contributed by atoms with Gasteiger partial charge >= 0.3 is 6.09 Å². The van der Waals surface area contributed by atoms with Gasteiger partial charge in [0.2, 0.25) is 11.8 Å². The first-order valence-electron chi connectivity index (χ1n) is 11.5. The van der Waals surface area contributed by atoms with Crippen LogP contribution in [0.4, 0.5) is 4.79 Å². The predicted octanol–water partition coefficient (Wildman–Crippen LogP) is 4.16. The molecular weight excluding hydrogens is 432 g/mol. The summed E-state index contributed by atoms with van der Waals surface area (Å²) in [5, 5.41) is 15.2. The van der Waals surface area contributed by atoms with Crippen molar-refractivity contribution in [1.82, 2.24) is 15.5 Å². The Bertz CT molecular complexity index is 936. The summed E-state index contributed by atoms with van der Waals surface area (Å²) in [6, 6.07) is 5.59. The van der Waals surface area contributed by atoms with Gasteiger partial charge in [-0.05, 0) is 72.4 Å². The SMILES string of the molecule is Cc1ccc(C(C(=O)NC(C)(C)C)N(CC#N)C(=O)C(NC(=O)OC(C)(C)C)C(C)C)c(C)c1. The van der Waals surface area contributed by atoms with Crippen molar-refractivity contribution in [2.45, 2.75) is 92.5 Å². The molecule has 0 bridgehead atoms. The van der Waals surface area contributed by atoms with Crippen LogP contribution in [0.5, 0.6) is 0 Å². The minimum atomic E-state index is -1.05. The molecule has 0 radical (unpaired) electrons. The van der Waals surface area contributed by atoms with E-state index in [9.17, 15) is 19.6 Å². The Morgan fingerprint density at radius 1 is 1.09 bits per heavy atom. The number of hydrogen-bond donors (Lipinski definition) is 2. The normalized spacial score (nSPS) is 13.5. The monoisotopic (exact) mass is 472 g/mol. The third kappa shape index (κ3) is 8.69. The molecule has 1 aromatic carbocycles. The molecule has 0 heterocycles. The number of hydrogen-bond acceptors (Lipinski definition) is 5. The first kappa shape index (κ1) is 29.0. The first-order chi connectivity index (χ1) is 15.5. The highest BCUT2D eigenvalue weighted by molar-refractivity contribution is 5.92. The van der Waals surface area contributed by atoms with Gasteiger partial charge in [0.05, 0.1) is 6.07 Å². The molecule has 2 atom stereocenters. The molecule has 8 nitrogen and oxygen atoms in total. The summed E-state index contributed by atoms with van der Waals surface area (Å²) >= 11 is 0. The van der Waals surface area contributed by atoms with E-state index in [2.05, 4.69) is 10.6 Å². The molecule has 3 amide bonds. The van der Waals surface area contributed by atoms with Gasteiger partial charge in [0.15, 0.2) is 0 Å². The van der Waals surface area contributed by atoms with Crippen LogP contribution in [0.3, 0.4) is 0 Å². The Hall–Kier alpha value is -3.08. The van der Waals surface area contributed by atoms with Crippen molar-refractivity contribution in [2.24, 2.45) is 5.92 Å². The molecule has 2 unspecified atom stereocenters. The van der Waals surface area contributed by atoms with Crippen LogP contribution in [0.2, 0.25) is 0 Å². The van der Waals surface area contributed by atoms with E-state index in [1.807, 2.05) is 52.8 Å². The van der Waals surface area contributed by atoms with Gasteiger partial charge < -0.3 is 20.3 Å². The highest BCUT2D eigenvalue weighted by Crippen LogP contribution is 2.27. The van der Waals surface area contributed by atoms with E-state index in [-0.39, 0.29) is 12.5 Å². The van der Waals surface area contributed by atoms with Crippen LogP contribution in [0.1, 0.15) is 78.1 Å². The Balaban J connectivity index is 3.53. The Kier molecular flexibility index (Phi) is 9.68. The maximum Gasteiger partial charge on any atom is 0.408 e. The topological polar surface area (TPSA) is 112 Å². The molecule has 8 heteroatoms. The van der Waals surface area contributed by atoms with E-state index in [0.29, 0.717) is 5.56 Å². The van der Waals surface area contributed by atoms with Gasteiger partial charge in [-0.1, -0.05) is 37.6 Å². The molecule has 0 aliphatic carbocycles. The van der Waals surface area contributed by atoms with Gasteiger partial charge in [0.1, 0.15) is 24.2 Å². The average molecular weight is 473 g/mol. The van der Waals surface area contributed by atoms with Gasteiger partial charge in [-0.15, -0.1) is 0 Å². The van der Waals surface area contributed by atoms with E-state index >= 15 is 0 Å². The second kappa shape index (κ2) is 11.4. The van der Waals surface area contributed by atoms with E-state index in [0.717, 1.165) is 11.1 Å². The summed E-state index contributed by atoms with van der Waals surface area (Å²) in [6.45, 7) is 17.8. The van der Waals surface area contributed by atoms with Crippen LogP contribution >= 0.6 is 0 Å². The van der Waals surface area contributed by atoms with Crippen LogP contribution in [0, 0.1) is 31.1 Å². The van der Waals surface area contributed by atoms with E-state index < -0.39 is 41.1 Å². The third-order valence-electron chi connectivity index (χ3n) is 4.91. The fourth-order valence-corrected chi connectivity index (χ4v) is 3.52. The largest absolute Gasteiger partial charge is 0.444 e. The number of carbonyl (C=O) groups is 3. The summed E-state index contributed by atoms with van der Waals surface area (Å²) in [5.74, 6) is -1.24. The number of nitrogens with one attached hydrogen (secondary N) is 2. The first-order valence-corrected chi connectivity index (χ1v) is 11.5. The van der Waals surface area contributed by atoms with Crippen LogP contribution in [-0.4, -0.2) is 46.5 Å². The quantitative estimate of drug-likeness (QED) is 0.579. The standard InChI is InChI=1S/C26H40N4O4/c1-16(2)20(28-24(33)34-26(8,9)10)23(32)30(14-13-27)21(22(31)29-25(5,6)7)19-12-11-17(3)15-18(19)4/h11-12,15-16,20-21H,14H2,1-10H3,(H,28,33)(H,29,31). The van der Waals surface area contributed by atoms with Crippen molar-refractivity contribution in [1.29, 1.82) is 5.26 Å². The number of carbonyl (C=O) groups excluding carboxylic acids is 3. The van der Waals surface area contributed by atoms with E-state index in [4.69, 9.17) is 4.74 Å². The lowest BCUT2D eigenvalue weighted by Crippen LogP contribution is -2.56. The maximum atomic E-state index is 13.8. The molecule has 2 N–H and O–H groups in total. The number of alkyl carbamates (subject to hydrolysis) is 1. The van der Waals surface area contributed by atoms with Gasteiger partial charge in [-0.25, -0.2) is 4.79 Å². The van der Waals surface area contributed by atoms with Crippen molar-refractivity contribution in [3.05, 3.63) is 34.9 Å². The molecule has 0 aromatic heterocycles. The molecule has 0 aliphatic rings. The molecule has 34 heavy (non-hydrogen) atoms. The number of aryl methyl sites for hydroxylation is 2. The van der Waals surface area contributed by atoms with Gasteiger partial charge in [0, 0.05) is 5.54 Å². The number of nitriles is 1. The molecule has 0 aliphatic heterocycles. The zero-order valence-corrected chi connectivity index (χ0v) is 22.2. The second-order valence-electron chi connectivity index (χ2n) is 11.0. The Morgan fingerprint density at radius 3 is 2.12 bits per heavy atom. The van der Waals surface area contributed by atoms with Crippen molar-refractivity contribution < 1.29 is 19.1 Å². The molecular formula is C26H40N4O4. The highest BCUT2D eigenvalue weighted by Gasteiger charge is 2.38. The lowest BCUT2D eigenvalue weighted by molar-refractivity contribution is -0.143. The van der Waals surface area contributed by atoms with Crippen LogP contribution < -0.4 is 10.6 Å². The Labute approximate surface area is 204 Å². The van der Waals surface area contributed by atoms with Crippen molar-refractivity contribution >= 4 is 17.9 Å². The molecule has 1 aromatic rings. The summed E-state index contributed by atoms with van der Waals surface area (Å²) in [6.07, 6.45) is -0.737. The number of rotatable bonds is 7. The number of ether oxygens (including phenoxy) is 1. The van der Waals surface area contributed by atoms with E-state index in [1.165, 1.54) is 4.90 Å². The number of benzene rings is 1. The molecule has 188 valence electrons. The molecule has 0 spiro atoms. The zero-order valence-electron chi connectivity index (χ0n) is 22.2. The third-order valence-corrected chi connectivity index (χ3v) is 4.91. The number of nitrogens with zero attached hydrogens (tertiary/aromatic N) is 2. The van der Waals surface area contributed by atoms with Gasteiger partial charge in [-0.3, -0.25) is 9.59 Å². The van der Waals surface area contributed by atoms with E-state index in [1.54, 1.807) is 40.7 Å². The van der Waals surface area contributed by atoms with Crippen molar-refractivity contribution in [3.63, 3.8) is 0 Å². The van der Waals surface area contributed by atoms with Gasteiger partial charge in [0.25, 0.3) is 0 Å². The molecule has 1 rings (SSSR count). The lowest BCUT2D eigenvalue weighted by atomic mass is 9.94. The average Bonchev–Trinajstić information content (AvgIpc) is 2.63. The summed E-state index contributed by atoms with van der Waals surface area (Å²) in [4.78, 5) is 41.0. The summed E-state index contributed by atoms with van der Waals surface area (Å²) < 4.78 is 5.33. The molecule has 0 saturated heterocycles. The maximum absolute atomic E-state index is 13.8. The predicted molar refractivity (Wildman–Crippen MR) is 132 cm³/mol. The van der Waals surface area contributed by atoms with Crippen molar-refractivity contribution in [3.8, 4) is 6.07 Å². The molecule has 0 saturated carbocycles. The number of amides is 3. The minimum Gasteiger partial charge on any atom is -0.444 e. The lowest BCUT2D eigenvalue weighted by Gasteiger charge is -2.36. The zero-order chi connectivity index (χ0) is 26.4. The second-order valence-corrected chi connectivity index (χ2v) is 11.0. The van der Waals surface area contributed by atoms with Gasteiger partial charge in [-0.2, -0.15) is 5.26 Å².